The predicted molar refractivity (Wildman–Crippen MR) is 81.6 cm³/mol. The van der Waals surface area contributed by atoms with Crippen LogP contribution in [0, 0.1) is 6.92 Å². The molecule has 1 aromatic carbocycles. The maximum atomic E-state index is 12.6. The van der Waals surface area contributed by atoms with Gasteiger partial charge in [0.05, 0.1) is 0 Å². The minimum atomic E-state index is -0.322. The van der Waals surface area contributed by atoms with E-state index in [4.69, 9.17) is 0 Å². The first-order chi connectivity index (χ1) is 9.40. The highest BCUT2D eigenvalue weighted by Crippen LogP contribution is 2.23. The van der Waals surface area contributed by atoms with Gasteiger partial charge >= 0.3 is 0 Å². The fourth-order valence-corrected chi connectivity index (χ4v) is 3.20. The molecule has 0 radical (unpaired) electrons. The molecular formula is C15H19BrN2O2. The number of hydrogen-bond acceptors (Lipinski definition) is 2. The minimum Gasteiger partial charge on any atom is -0.347 e. The van der Waals surface area contributed by atoms with Crippen LogP contribution in [0.1, 0.15) is 28.8 Å². The smallest absolute Gasteiger partial charge is 0.254 e. The van der Waals surface area contributed by atoms with Gasteiger partial charge in [-0.3, -0.25) is 9.59 Å². The summed E-state index contributed by atoms with van der Waals surface area (Å²) in [5.41, 5.74) is 1.66. The fourth-order valence-electron chi connectivity index (χ4n) is 2.59. The van der Waals surface area contributed by atoms with Crippen molar-refractivity contribution in [3.63, 3.8) is 0 Å². The normalized spacial score (nSPS) is 18.2. The summed E-state index contributed by atoms with van der Waals surface area (Å²) in [5.74, 6) is -0.0605. The predicted octanol–water partition coefficient (Wildman–Crippen LogP) is 2.45. The number of amides is 2. The minimum absolute atomic E-state index is 0.00238. The molecule has 1 aliphatic heterocycles. The Bertz CT molecular complexity index is 522. The van der Waals surface area contributed by atoms with Crippen LogP contribution >= 0.6 is 15.9 Å². The van der Waals surface area contributed by atoms with E-state index in [2.05, 4.69) is 15.9 Å². The zero-order chi connectivity index (χ0) is 14.9. The number of nitrogens with zero attached hydrogens (tertiary/aromatic N) is 2. The summed E-state index contributed by atoms with van der Waals surface area (Å²) >= 11 is 3.41. The highest BCUT2D eigenvalue weighted by Gasteiger charge is 2.35. The Kier molecular flexibility index (Phi) is 4.48. The van der Waals surface area contributed by atoms with Crippen molar-refractivity contribution in [2.24, 2.45) is 0 Å². The first kappa shape index (κ1) is 15.0. The maximum absolute atomic E-state index is 12.6. The lowest BCUT2D eigenvalue weighted by Gasteiger charge is -2.26. The second-order valence-electron chi connectivity index (χ2n) is 5.41. The molecule has 0 bridgehead atoms. The lowest BCUT2D eigenvalue weighted by atomic mass is 10.1. The maximum Gasteiger partial charge on any atom is 0.254 e. The third-order valence-corrected chi connectivity index (χ3v) is 3.99. The van der Waals surface area contributed by atoms with Gasteiger partial charge in [0.15, 0.2) is 0 Å². The van der Waals surface area contributed by atoms with E-state index in [0.717, 1.165) is 22.9 Å². The summed E-state index contributed by atoms with van der Waals surface area (Å²) in [4.78, 5) is 28.0. The average Bonchev–Trinajstić information content (AvgIpc) is 2.84. The van der Waals surface area contributed by atoms with Crippen LogP contribution in [-0.2, 0) is 4.79 Å². The van der Waals surface area contributed by atoms with E-state index in [1.54, 1.807) is 23.9 Å². The van der Waals surface area contributed by atoms with Crippen molar-refractivity contribution in [2.45, 2.75) is 25.8 Å². The summed E-state index contributed by atoms with van der Waals surface area (Å²) in [5, 5.41) is 0. The summed E-state index contributed by atoms with van der Waals surface area (Å²) < 4.78 is 0.885. The first-order valence-electron chi connectivity index (χ1n) is 6.69. The lowest BCUT2D eigenvalue weighted by molar-refractivity contribution is -0.132. The van der Waals surface area contributed by atoms with Gasteiger partial charge in [0.2, 0.25) is 5.91 Å². The molecule has 5 heteroatoms. The van der Waals surface area contributed by atoms with Gasteiger partial charge in [-0.1, -0.05) is 15.9 Å². The van der Waals surface area contributed by atoms with Gasteiger partial charge in [0.1, 0.15) is 6.04 Å². The van der Waals surface area contributed by atoms with E-state index >= 15 is 0 Å². The van der Waals surface area contributed by atoms with Crippen molar-refractivity contribution in [3.8, 4) is 0 Å². The van der Waals surface area contributed by atoms with E-state index in [0.29, 0.717) is 12.1 Å². The Hall–Kier alpha value is -1.36. The number of carbonyl (C=O) groups is 2. The largest absolute Gasteiger partial charge is 0.347 e. The van der Waals surface area contributed by atoms with Crippen LogP contribution < -0.4 is 0 Å². The number of aryl methyl sites for hydroxylation is 1. The summed E-state index contributed by atoms with van der Waals surface area (Å²) in [6.45, 7) is 2.60. The van der Waals surface area contributed by atoms with Crippen LogP contribution in [0.5, 0.6) is 0 Å². The second kappa shape index (κ2) is 5.95. The number of benzene rings is 1. The molecular weight excluding hydrogens is 320 g/mol. The second-order valence-corrected chi connectivity index (χ2v) is 6.32. The van der Waals surface area contributed by atoms with Crippen LogP contribution in [-0.4, -0.2) is 48.3 Å². The molecule has 0 spiro atoms. The molecule has 0 saturated carbocycles. The molecule has 1 aromatic rings. The van der Waals surface area contributed by atoms with E-state index in [1.165, 1.54) is 0 Å². The highest BCUT2D eigenvalue weighted by atomic mass is 79.9. The van der Waals surface area contributed by atoms with Crippen molar-refractivity contribution in [1.29, 1.82) is 0 Å². The van der Waals surface area contributed by atoms with Crippen LogP contribution in [0.3, 0.4) is 0 Å². The molecule has 1 heterocycles. The van der Waals surface area contributed by atoms with Crippen molar-refractivity contribution in [1.82, 2.24) is 9.80 Å². The molecule has 0 N–H and O–H groups in total. The third kappa shape index (κ3) is 3.03. The molecule has 1 fully saturated rings. The molecule has 0 aromatic heterocycles. The van der Waals surface area contributed by atoms with Gasteiger partial charge in [-0.15, -0.1) is 0 Å². The van der Waals surface area contributed by atoms with Gasteiger partial charge in [-0.25, -0.2) is 0 Å². The van der Waals surface area contributed by atoms with Gasteiger partial charge in [0, 0.05) is 30.7 Å². The molecule has 2 rings (SSSR count). The van der Waals surface area contributed by atoms with Gasteiger partial charge in [-0.2, -0.15) is 0 Å². The zero-order valence-corrected chi connectivity index (χ0v) is 13.6. The molecule has 1 aliphatic rings. The highest BCUT2D eigenvalue weighted by molar-refractivity contribution is 9.10. The van der Waals surface area contributed by atoms with Crippen LogP contribution in [0.4, 0.5) is 0 Å². The molecule has 1 atom stereocenters. The third-order valence-electron chi connectivity index (χ3n) is 3.53. The van der Waals surface area contributed by atoms with Crippen LogP contribution in [0.15, 0.2) is 22.7 Å². The Labute approximate surface area is 127 Å². The first-order valence-corrected chi connectivity index (χ1v) is 7.49. The number of rotatable bonds is 2. The van der Waals surface area contributed by atoms with E-state index in [9.17, 15) is 9.59 Å². The molecule has 0 aliphatic carbocycles. The summed E-state index contributed by atoms with van der Waals surface area (Å²) in [7, 11) is 3.46. The number of halogens is 1. The Morgan fingerprint density at radius 3 is 2.60 bits per heavy atom. The Balaban J connectivity index is 2.25. The van der Waals surface area contributed by atoms with Crippen molar-refractivity contribution in [2.75, 3.05) is 20.6 Å². The summed E-state index contributed by atoms with van der Waals surface area (Å²) in [6, 6.07) is 5.31. The standard InChI is InChI=1S/C15H19BrN2O2/c1-10-7-11(9-12(16)8-10)14(19)18-6-4-5-13(18)15(20)17(2)3/h7-9,13H,4-6H2,1-3H3. The number of carbonyl (C=O) groups excluding carboxylic acids is 2. The fraction of sp³-hybridized carbons (Fsp3) is 0.467. The molecule has 2 amide bonds. The van der Waals surface area contributed by atoms with Gasteiger partial charge < -0.3 is 9.80 Å². The van der Waals surface area contributed by atoms with Crippen LogP contribution in [0.2, 0.25) is 0 Å². The molecule has 108 valence electrons. The van der Waals surface area contributed by atoms with E-state index < -0.39 is 0 Å². The van der Waals surface area contributed by atoms with Crippen molar-refractivity contribution >= 4 is 27.7 Å². The topological polar surface area (TPSA) is 40.6 Å². The van der Waals surface area contributed by atoms with E-state index in [-0.39, 0.29) is 17.9 Å². The monoisotopic (exact) mass is 338 g/mol. The van der Waals surface area contributed by atoms with Gasteiger partial charge in [0.25, 0.3) is 5.91 Å². The summed E-state index contributed by atoms with van der Waals surface area (Å²) in [6.07, 6.45) is 1.62. The number of hydrogen-bond donors (Lipinski definition) is 0. The van der Waals surface area contributed by atoms with Crippen molar-refractivity contribution < 1.29 is 9.59 Å². The molecule has 4 nitrogen and oxygen atoms in total. The Morgan fingerprint density at radius 1 is 1.30 bits per heavy atom. The average molecular weight is 339 g/mol. The molecule has 20 heavy (non-hydrogen) atoms. The zero-order valence-electron chi connectivity index (χ0n) is 12.0. The molecule has 1 unspecified atom stereocenters. The SMILES string of the molecule is Cc1cc(Br)cc(C(=O)N2CCCC2C(=O)N(C)C)c1. The van der Waals surface area contributed by atoms with Crippen molar-refractivity contribution in [3.05, 3.63) is 33.8 Å². The van der Waals surface area contributed by atoms with Crippen LogP contribution in [0.25, 0.3) is 0 Å². The quantitative estimate of drug-likeness (QED) is 0.830. The Morgan fingerprint density at radius 2 is 2.00 bits per heavy atom. The number of likely N-dealkylation sites (tertiary alicyclic amines) is 1. The van der Waals surface area contributed by atoms with Gasteiger partial charge in [-0.05, 0) is 43.5 Å². The number of likely N-dealkylation sites (N-methyl/N-ethyl adjacent to an activating group) is 1. The lowest BCUT2D eigenvalue weighted by Crippen LogP contribution is -2.45. The molecule has 1 saturated heterocycles. The van der Waals surface area contributed by atoms with E-state index in [1.807, 2.05) is 25.1 Å².